The lowest BCUT2D eigenvalue weighted by Crippen LogP contribution is -2.33. The van der Waals surface area contributed by atoms with E-state index in [2.05, 4.69) is 5.32 Å². The largest absolute Gasteiger partial charge is 0.366 e. The molecule has 1 aliphatic carbocycles. The number of hydrogen-bond acceptors (Lipinski definition) is 4. The molecule has 0 aliphatic heterocycles. The fourth-order valence-electron chi connectivity index (χ4n) is 2.51. The summed E-state index contributed by atoms with van der Waals surface area (Å²) in [6.45, 7) is 7.54. The van der Waals surface area contributed by atoms with Crippen LogP contribution < -0.4 is 5.32 Å². The van der Waals surface area contributed by atoms with Gasteiger partial charge in [-0.05, 0) is 34.1 Å². The predicted molar refractivity (Wildman–Crippen MR) is 91.1 cm³/mol. The fraction of sp³-hybridized carbons (Fsp3) is 0.421. The Kier molecular flexibility index (Phi) is 5.34. The van der Waals surface area contributed by atoms with Crippen LogP contribution in [0.15, 0.2) is 35.4 Å². The molecule has 1 N–H and O–H groups in total. The van der Waals surface area contributed by atoms with Gasteiger partial charge in [-0.1, -0.05) is 24.3 Å². The molecule has 24 heavy (non-hydrogen) atoms. The molecule has 5 heteroatoms. The lowest BCUT2D eigenvalue weighted by atomic mass is 9.83. The van der Waals surface area contributed by atoms with Gasteiger partial charge >= 0.3 is 0 Å². The third kappa shape index (κ3) is 4.17. The Morgan fingerprint density at radius 2 is 1.67 bits per heavy atom. The van der Waals surface area contributed by atoms with Gasteiger partial charge in [-0.3, -0.25) is 14.4 Å². The van der Waals surface area contributed by atoms with Gasteiger partial charge in [-0.15, -0.1) is 0 Å². The van der Waals surface area contributed by atoms with Crippen molar-refractivity contribution < 1.29 is 19.1 Å². The summed E-state index contributed by atoms with van der Waals surface area (Å²) in [6.07, 6.45) is 0.325. The summed E-state index contributed by atoms with van der Waals surface area (Å²) in [4.78, 5) is 36.7. The molecule has 0 radical (unpaired) electrons. The Bertz CT molecular complexity index is 710. The van der Waals surface area contributed by atoms with Crippen LogP contribution in [0.3, 0.4) is 0 Å². The summed E-state index contributed by atoms with van der Waals surface area (Å²) < 4.78 is 5.39. The van der Waals surface area contributed by atoms with E-state index in [0.29, 0.717) is 35.2 Å². The van der Waals surface area contributed by atoms with E-state index in [1.165, 1.54) is 0 Å². The second kappa shape index (κ2) is 7.09. The van der Waals surface area contributed by atoms with Crippen molar-refractivity contribution in [2.75, 3.05) is 13.2 Å². The van der Waals surface area contributed by atoms with Gasteiger partial charge in [0.1, 0.15) is 6.61 Å². The van der Waals surface area contributed by atoms with E-state index >= 15 is 0 Å². The average molecular weight is 329 g/mol. The van der Waals surface area contributed by atoms with E-state index in [4.69, 9.17) is 4.74 Å². The first kappa shape index (κ1) is 18.1. The van der Waals surface area contributed by atoms with Crippen LogP contribution in [0.25, 0.3) is 0 Å². The maximum absolute atomic E-state index is 12.6. The highest BCUT2D eigenvalue weighted by atomic mass is 16.5. The van der Waals surface area contributed by atoms with Crippen LogP contribution in [0.2, 0.25) is 0 Å². The molecule has 0 spiro atoms. The van der Waals surface area contributed by atoms with Gasteiger partial charge in [-0.2, -0.15) is 0 Å². The molecule has 0 atom stereocenters. The standard InChI is InChI=1S/C19H23NO4/c1-12-13(9-10-20-16(21)11-24-19(2,3)4)18(23)15-8-6-5-7-14(15)17(12)22/h5-8H,9-11H2,1-4H3,(H,20,21). The second-order valence-electron chi connectivity index (χ2n) is 6.81. The van der Waals surface area contributed by atoms with E-state index in [1.807, 2.05) is 20.8 Å². The molecule has 0 bridgehead atoms. The number of benzene rings is 1. The van der Waals surface area contributed by atoms with Gasteiger partial charge in [0.05, 0.1) is 5.60 Å². The molecule has 1 amide bonds. The smallest absolute Gasteiger partial charge is 0.246 e. The number of allylic oxidation sites excluding steroid dienone is 1. The molecular weight excluding hydrogens is 306 g/mol. The maximum atomic E-state index is 12.6. The number of carbonyl (C=O) groups is 3. The number of fused-ring (bicyclic) bond motifs is 1. The first-order valence-corrected chi connectivity index (χ1v) is 7.99. The number of nitrogens with one attached hydrogen (secondary N) is 1. The normalized spacial score (nSPS) is 14.7. The molecule has 0 fully saturated rings. The molecule has 1 aromatic rings. The zero-order valence-corrected chi connectivity index (χ0v) is 14.6. The van der Waals surface area contributed by atoms with Gasteiger partial charge in [0.25, 0.3) is 0 Å². The third-order valence-corrected chi connectivity index (χ3v) is 3.82. The van der Waals surface area contributed by atoms with Gasteiger partial charge in [0.15, 0.2) is 11.6 Å². The molecule has 5 nitrogen and oxygen atoms in total. The second-order valence-corrected chi connectivity index (χ2v) is 6.81. The van der Waals surface area contributed by atoms with E-state index < -0.39 is 0 Å². The number of hydrogen-bond donors (Lipinski definition) is 1. The van der Waals surface area contributed by atoms with Gasteiger partial charge in [0, 0.05) is 28.8 Å². The van der Waals surface area contributed by atoms with Crippen LogP contribution in [0.4, 0.5) is 0 Å². The number of carbonyl (C=O) groups excluding carboxylic acids is 3. The molecular formula is C19H23NO4. The van der Waals surface area contributed by atoms with E-state index in [-0.39, 0.29) is 29.7 Å². The van der Waals surface area contributed by atoms with Crippen molar-refractivity contribution >= 4 is 17.5 Å². The Morgan fingerprint density at radius 1 is 1.08 bits per heavy atom. The molecule has 0 saturated heterocycles. The first-order chi connectivity index (χ1) is 11.2. The summed E-state index contributed by atoms with van der Waals surface area (Å²) in [5.41, 5.74) is 1.43. The number of Topliss-reactive ketones (excluding diaryl/α,β-unsaturated/α-hetero) is 2. The summed E-state index contributed by atoms with van der Waals surface area (Å²) in [5, 5.41) is 2.72. The lowest BCUT2D eigenvalue weighted by Gasteiger charge is -2.20. The topological polar surface area (TPSA) is 72.5 Å². The Balaban J connectivity index is 1.98. The number of amides is 1. The molecule has 0 heterocycles. The van der Waals surface area contributed by atoms with Crippen molar-refractivity contribution in [1.82, 2.24) is 5.32 Å². The number of rotatable bonds is 5. The zero-order valence-electron chi connectivity index (χ0n) is 14.6. The van der Waals surface area contributed by atoms with Crippen molar-refractivity contribution in [3.05, 3.63) is 46.5 Å². The quantitative estimate of drug-likeness (QED) is 0.901. The summed E-state index contributed by atoms with van der Waals surface area (Å²) in [7, 11) is 0. The molecule has 1 aromatic carbocycles. The third-order valence-electron chi connectivity index (χ3n) is 3.82. The molecule has 0 unspecified atom stereocenters. The number of ketones is 2. The monoisotopic (exact) mass is 329 g/mol. The van der Waals surface area contributed by atoms with Gasteiger partial charge < -0.3 is 10.1 Å². The Hall–Kier alpha value is -2.27. The highest BCUT2D eigenvalue weighted by Crippen LogP contribution is 2.27. The molecule has 1 aliphatic rings. The predicted octanol–water partition coefficient (Wildman–Crippen LogP) is 2.70. The van der Waals surface area contributed by atoms with Crippen molar-refractivity contribution in [1.29, 1.82) is 0 Å². The molecule has 0 aromatic heterocycles. The highest BCUT2D eigenvalue weighted by molar-refractivity contribution is 6.26. The molecule has 128 valence electrons. The van der Waals surface area contributed by atoms with Gasteiger partial charge in [-0.25, -0.2) is 0 Å². The first-order valence-electron chi connectivity index (χ1n) is 7.99. The Labute approximate surface area is 142 Å². The maximum Gasteiger partial charge on any atom is 0.246 e. The van der Waals surface area contributed by atoms with Crippen LogP contribution in [-0.4, -0.2) is 36.2 Å². The van der Waals surface area contributed by atoms with Crippen molar-refractivity contribution in [3.8, 4) is 0 Å². The van der Waals surface area contributed by atoms with Crippen molar-refractivity contribution in [2.45, 2.75) is 39.7 Å². The van der Waals surface area contributed by atoms with Crippen molar-refractivity contribution in [3.63, 3.8) is 0 Å². The van der Waals surface area contributed by atoms with Crippen LogP contribution in [-0.2, 0) is 9.53 Å². The van der Waals surface area contributed by atoms with Crippen LogP contribution in [0.5, 0.6) is 0 Å². The molecule has 0 saturated carbocycles. The van der Waals surface area contributed by atoms with Crippen molar-refractivity contribution in [2.24, 2.45) is 0 Å². The van der Waals surface area contributed by atoms with Crippen LogP contribution >= 0.6 is 0 Å². The molecule has 2 rings (SSSR count). The minimum atomic E-state index is -0.383. The average Bonchev–Trinajstić information content (AvgIpc) is 2.53. The summed E-state index contributed by atoms with van der Waals surface area (Å²) >= 11 is 0. The minimum absolute atomic E-state index is 0.0305. The fourth-order valence-corrected chi connectivity index (χ4v) is 2.51. The highest BCUT2D eigenvalue weighted by Gasteiger charge is 2.29. The number of ether oxygens (including phenoxy) is 1. The van der Waals surface area contributed by atoms with Crippen LogP contribution in [0.1, 0.15) is 54.8 Å². The SMILES string of the molecule is CC1=C(CCNC(=O)COC(C)(C)C)C(=O)c2ccccc2C1=O. The summed E-state index contributed by atoms with van der Waals surface area (Å²) in [6, 6.07) is 6.82. The zero-order chi connectivity index (χ0) is 17.9. The van der Waals surface area contributed by atoms with E-state index in [9.17, 15) is 14.4 Å². The van der Waals surface area contributed by atoms with E-state index in [1.54, 1.807) is 31.2 Å². The van der Waals surface area contributed by atoms with Gasteiger partial charge in [0.2, 0.25) is 5.91 Å². The minimum Gasteiger partial charge on any atom is -0.366 e. The van der Waals surface area contributed by atoms with Crippen LogP contribution in [0, 0.1) is 0 Å². The summed E-state index contributed by atoms with van der Waals surface area (Å²) in [5.74, 6) is -0.497. The lowest BCUT2D eigenvalue weighted by molar-refractivity contribution is -0.130. The van der Waals surface area contributed by atoms with E-state index in [0.717, 1.165) is 0 Å². The Morgan fingerprint density at radius 3 is 2.25 bits per heavy atom.